The summed E-state index contributed by atoms with van der Waals surface area (Å²) < 4.78 is 0. The van der Waals surface area contributed by atoms with E-state index >= 15 is 0 Å². The summed E-state index contributed by atoms with van der Waals surface area (Å²) >= 11 is 0. The Morgan fingerprint density at radius 3 is 2.94 bits per heavy atom. The van der Waals surface area contributed by atoms with Crippen LogP contribution in [-0.4, -0.2) is 30.7 Å². The van der Waals surface area contributed by atoms with E-state index in [-0.39, 0.29) is 0 Å². The normalized spacial score (nSPS) is 21.5. The number of piperazine rings is 1. The Morgan fingerprint density at radius 2 is 2.25 bits per heavy atom. The summed E-state index contributed by atoms with van der Waals surface area (Å²) in [5, 5.41) is 3.41. The molecule has 1 atom stereocenters. The summed E-state index contributed by atoms with van der Waals surface area (Å²) in [7, 11) is 0. The molecule has 1 aliphatic rings. The highest BCUT2D eigenvalue weighted by Gasteiger charge is 2.18. The number of pyridine rings is 1. The van der Waals surface area contributed by atoms with Crippen molar-refractivity contribution in [2.75, 3.05) is 24.5 Å². The van der Waals surface area contributed by atoms with Gasteiger partial charge < -0.3 is 10.2 Å². The third-order valence-electron chi connectivity index (χ3n) is 3.24. The van der Waals surface area contributed by atoms with Crippen molar-refractivity contribution >= 4 is 5.69 Å². The first-order chi connectivity index (χ1) is 7.68. The second-order valence-corrected chi connectivity index (χ2v) is 4.88. The highest BCUT2D eigenvalue weighted by molar-refractivity contribution is 5.48. The highest BCUT2D eigenvalue weighted by Crippen LogP contribution is 2.22. The highest BCUT2D eigenvalue weighted by atomic mass is 15.2. The van der Waals surface area contributed by atoms with E-state index in [1.54, 1.807) is 0 Å². The Bertz CT molecular complexity index is 349. The van der Waals surface area contributed by atoms with E-state index in [1.165, 1.54) is 11.3 Å². The van der Waals surface area contributed by atoms with E-state index in [2.05, 4.69) is 42.0 Å². The molecule has 16 heavy (non-hydrogen) atoms. The lowest BCUT2D eigenvalue weighted by Crippen LogP contribution is -2.50. The first-order valence-corrected chi connectivity index (χ1v) is 6.11. The van der Waals surface area contributed by atoms with Crippen molar-refractivity contribution in [3.8, 4) is 0 Å². The number of anilines is 1. The van der Waals surface area contributed by atoms with Gasteiger partial charge in [-0.25, -0.2) is 0 Å². The molecule has 3 heteroatoms. The van der Waals surface area contributed by atoms with Gasteiger partial charge in [-0.1, -0.05) is 13.8 Å². The van der Waals surface area contributed by atoms with E-state index in [4.69, 9.17) is 0 Å². The molecule has 0 aromatic carbocycles. The molecule has 0 aliphatic carbocycles. The van der Waals surface area contributed by atoms with E-state index < -0.39 is 0 Å². The van der Waals surface area contributed by atoms with Crippen molar-refractivity contribution < 1.29 is 0 Å². The van der Waals surface area contributed by atoms with Crippen LogP contribution in [0.5, 0.6) is 0 Å². The van der Waals surface area contributed by atoms with Gasteiger partial charge in [0.25, 0.3) is 0 Å². The van der Waals surface area contributed by atoms with Gasteiger partial charge in [0.1, 0.15) is 0 Å². The largest absolute Gasteiger partial charge is 0.365 e. The average molecular weight is 219 g/mol. The van der Waals surface area contributed by atoms with E-state index in [0.29, 0.717) is 12.0 Å². The van der Waals surface area contributed by atoms with Gasteiger partial charge in [-0.15, -0.1) is 0 Å². The maximum absolute atomic E-state index is 4.35. The van der Waals surface area contributed by atoms with Crippen molar-refractivity contribution in [2.45, 2.75) is 32.7 Å². The molecule has 0 radical (unpaired) electrons. The molecule has 0 spiro atoms. The molecule has 0 unspecified atom stereocenters. The number of rotatable bonds is 2. The molecule has 3 nitrogen and oxygen atoms in total. The quantitative estimate of drug-likeness (QED) is 0.824. The molecule has 0 amide bonds. The molecule has 1 fully saturated rings. The van der Waals surface area contributed by atoms with Crippen LogP contribution in [0.15, 0.2) is 18.5 Å². The zero-order valence-electron chi connectivity index (χ0n) is 10.4. The maximum Gasteiger partial charge on any atom is 0.0558 e. The first kappa shape index (κ1) is 11.4. The third kappa shape index (κ3) is 2.35. The van der Waals surface area contributed by atoms with Gasteiger partial charge in [0.2, 0.25) is 0 Å². The van der Waals surface area contributed by atoms with Crippen LogP contribution in [-0.2, 0) is 0 Å². The van der Waals surface area contributed by atoms with Gasteiger partial charge in [0.15, 0.2) is 0 Å². The van der Waals surface area contributed by atoms with Gasteiger partial charge >= 0.3 is 0 Å². The standard InChI is InChI=1S/C13H21N3/c1-10(2)12-6-13(9-15-8-12)16-5-4-14-7-11(16)3/h6,8-11,14H,4-5,7H2,1-3H3/t11-/m1/s1. The molecule has 1 aromatic rings. The van der Waals surface area contributed by atoms with Crippen LogP contribution in [0, 0.1) is 0 Å². The minimum absolute atomic E-state index is 0.547. The smallest absolute Gasteiger partial charge is 0.0558 e. The Balaban J connectivity index is 2.21. The predicted molar refractivity (Wildman–Crippen MR) is 68.0 cm³/mol. The molecular weight excluding hydrogens is 198 g/mol. The number of aromatic nitrogens is 1. The van der Waals surface area contributed by atoms with Crippen LogP contribution in [0.3, 0.4) is 0 Å². The Hall–Kier alpha value is -1.09. The van der Waals surface area contributed by atoms with Gasteiger partial charge in [0.05, 0.1) is 11.9 Å². The third-order valence-corrected chi connectivity index (χ3v) is 3.24. The van der Waals surface area contributed by atoms with E-state index in [1.807, 2.05) is 12.4 Å². The fraction of sp³-hybridized carbons (Fsp3) is 0.615. The van der Waals surface area contributed by atoms with E-state index in [0.717, 1.165) is 19.6 Å². The lowest BCUT2D eigenvalue weighted by atomic mass is 10.0. The van der Waals surface area contributed by atoms with Crippen LogP contribution >= 0.6 is 0 Å². The second kappa shape index (κ2) is 4.83. The molecule has 1 saturated heterocycles. The Labute approximate surface area is 97.9 Å². The number of nitrogens with zero attached hydrogens (tertiary/aromatic N) is 2. The molecule has 0 bridgehead atoms. The van der Waals surface area contributed by atoms with Crippen LogP contribution in [0.1, 0.15) is 32.3 Å². The SMILES string of the molecule is CC(C)c1cncc(N2CCNC[C@H]2C)c1. The second-order valence-electron chi connectivity index (χ2n) is 4.88. The van der Waals surface area contributed by atoms with Crippen LogP contribution < -0.4 is 10.2 Å². The minimum atomic E-state index is 0.547. The number of hydrogen-bond donors (Lipinski definition) is 1. The van der Waals surface area contributed by atoms with Crippen LogP contribution in [0.25, 0.3) is 0 Å². The van der Waals surface area contributed by atoms with Crippen molar-refractivity contribution in [1.82, 2.24) is 10.3 Å². The van der Waals surface area contributed by atoms with E-state index in [9.17, 15) is 0 Å². The monoisotopic (exact) mass is 219 g/mol. The maximum atomic E-state index is 4.35. The van der Waals surface area contributed by atoms with Crippen LogP contribution in [0.4, 0.5) is 5.69 Å². The predicted octanol–water partition coefficient (Wildman–Crippen LogP) is 2.00. The fourth-order valence-electron chi connectivity index (χ4n) is 2.14. The summed E-state index contributed by atoms with van der Waals surface area (Å²) in [6.07, 6.45) is 3.95. The Morgan fingerprint density at radius 1 is 1.44 bits per heavy atom. The topological polar surface area (TPSA) is 28.2 Å². The summed E-state index contributed by atoms with van der Waals surface area (Å²) in [4.78, 5) is 6.79. The van der Waals surface area contributed by atoms with Crippen molar-refractivity contribution in [3.05, 3.63) is 24.0 Å². The molecule has 2 rings (SSSR count). The molecular formula is C13H21N3. The van der Waals surface area contributed by atoms with Crippen molar-refractivity contribution in [3.63, 3.8) is 0 Å². The summed E-state index contributed by atoms with van der Waals surface area (Å²) in [5.41, 5.74) is 2.59. The average Bonchev–Trinajstić information content (AvgIpc) is 2.30. The summed E-state index contributed by atoms with van der Waals surface area (Å²) in [5.74, 6) is 0.547. The summed E-state index contributed by atoms with van der Waals surface area (Å²) in [6, 6.07) is 2.83. The molecule has 2 heterocycles. The molecule has 88 valence electrons. The lowest BCUT2D eigenvalue weighted by Gasteiger charge is -2.35. The number of nitrogens with one attached hydrogen (secondary N) is 1. The molecule has 0 saturated carbocycles. The number of hydrogen-bond acceptors (Lipinski definition) is 3. The van der Waals surface area contributed by atoms with Gasteiger partial charge in [-0.2, -0.15) is 0 Å². The van der Waals surface area contributed by atoms with Gasteiger partial charge in [0, 0.05) is 31.9 Å². The van der Waals surface area contributed by atoms with Crippen LogP contribution in [0.2, 0.25) is 0 Å². The zero-order valence-corrected chi connectivity index (χ0v) is 10.4. The minimum Gasteiger partial charge on any atom is -0.365 e. The first-order valence-electron chi connectivity index (χ1n) is 6.11. The lowest BCUT2D eigenvalue weighted by molar-refractivity contribution is 0.500. The van der Waals surface area contributed by atoms with Crippen molar-refractivity contribution in [2.24, 2.45) is 0 Å². The van der Waals surface area contributed by atoms with Gasteiger partial charge in [-0.3, -0.25) is 4.98 Å². The zero-order chi connectivity index (χ0) is 11.5. The van der Waals surface area contributed by atoms with Crippen molar-refractivity contribution in [1.29, 1.82) is 0 Å². The molecule has 1 aliphatic heterocycles. The molecule has 1 aromatic heterocycles. The fourth-order valence-corrected chi connectivity index (χ4v) is 2.14. The van der Waals surface area contributed by atoms with Gasteiger partial charge in [-0.05, 0) is 24.5 Å². The Kier molecular flexibility index (Phi) is 3.44. The molecule has 1 N–H and O–H groups in total. The summed E-state index contributed by atoms with van der Waals surface area (Å²) in [6.45, 7) is 9.88.